The average Bonchev–Trinajstić information content (AvgIpc) is 2.98. The molecule has 0 unspecified atom stereocenters. The molecule has 0 amide bonds. The lowest BCUT2D eigenvalue weighted by Crippen LogP contribution is -2.34. The van der Waals surface area contributed by atoms with E-state index in [0.717, 1.165) is 22.6 Å². The van der Waals surface area contributed by atoms with Crippen LogP contribution in [0.4, 0.5) is 5.69 Å². The second-order valence-electron chi connectivity index (χ2n) is 6.14. The molecule has 3 heterocycles. The summed E-state index contributed by atoms with van der Waals surface area (Å²) < 4.78 is 32.5. The van der Waals surface area contributed by atoms with E-state index >= 15 is 0 Å². The summed E-state index contributed by atoms with van der Waals surface area (Å²) in [5.74, 6) is 1.37. The van der Waals surface area contributed by atoms with E-state index in [9.17, 15) is 8.42 Å². The number of anilines is 1. The lowest BCUT2D eigenvalue weighted by molar-refractivity contribution is 0.392. The number of rotatable bonds is 4. The van der Waals surface area contributed by atoms with E-state index in [1.807, 2.05) is 39.0 Å². The molecule has 1 aliphatic rings. The van der Waals surface area contributed by atoms with Crippen LogP contribution in [-0.4, -0.2) is 30.1 Å². The monoisotopic (exact) mass is 402 g/mol. The Labute approximate surface area is 161 Å². The highest BCUT2D eigenvalue weighted by molar-refractivity contribution is 7.98. The van der Waals surface area contributed by atoms with E-state index in [0.29, 0.717) is 28.8 Å². The van der Waals surface area contributed by atoms with Crippen LogP contribution >= 0.6 is 11.8 Å². The number of fused-ring (bicyclic) bond motifs is 3. The SMILES string of the molecule is CCN1c2ccccc2-c2nc(SCc3c(C)noc3C)ncc2S1(=O)=O. The van der Waals surface area contributed by atoms with Gasteiger partial charge in [0, 0.05) is 23.4 Å². The van der Waals surface area contributed by atoms with Crippen LogP contribution < -0.4 is 4.31 Å². The molecule has 0 radical (unpaired) electrons. The topological polar surface area (TPSA) is 89.2 Å². The number of para-hydroxylation sites is 1. The van der Waals surface area contributed by atoms with E-state index in [4.69, 9.17) is 4.52 Å². The van der Waals surface area contributed by atoms with Crippen LogP contribution in [0.2, 0.25) is 0 Å². The molecule has 27 heavy (non-hydrogen) atoms. The second kappa shape index (κ2) is 6.65. The Balaban J connectivity index is 1.76. The zero-order valence-electron chi connectivity index (χ0n) is 15.1. The molecule has 0 atom stereocenters. The van der Waals surface area contributed by atoms with Gasteiger partial charge in [-0.2, -0.15) is 0 Å². The number of sulfonamides is 1. The van der Waals surface area contributed by atoms with Gasteiger partial charge in [-0.05, 0) is 26.8 Å². The van der Waals surface area contributed by atoms with Crippen LogP contribution in [0, 0.1) is 13.8 Å². The van der Waals surface area contributed by atoms with Gasteiger partial charge in [0.1, 0.15) is 10.7 Å². The van der Waals surface area contributed by atoms with Gasteiger partial charge in [0.15, 0.2) is 5.16 Å². The summed E-state index contributed by atoms with van der Waals surface area (Å²) in [7, 11) is -3.66. The van der Waals surface area contributed by atoms with E-state index in [1.165, 1.54) is 22.3 Å². The van der Waals surface area contributed by atoms with Crippen molar-refractivity contribution in [1.82, 2.24) is 15.1 Å². The van der Waals surface area contributed by atoms with Gasteiger partial charge in [0.05, 0.1) is 23.3 Å². The molecule has 0 N–H and O–H groups in total. The lowest BCUT2D eigenvalue weighted by Gasteiger charge is -2.30. The number of hydrogen-bond donors (Lipinski definition) is 0. The van der Waals surface area contributed by atoms with Gasteiger partial charge in [-0.1, -0.05) is 35.1 Å². The molecule has 0 bridgehead atoms. The third kappa shape index (κ3) is 2.90. The van der Waals surface area contributed by atoms with Crippen molar-refractivity contribution < 1.29 is 12.9 Å². The Kier molecular flexibility index (Phi) is 4.43. The Morgan fingerprint density at radius 1 is 1.22 bits per heavy atom. The van der Waals surface area contributed by atoms with Gasteiger partial charge in [0.25, 0.3) is 10.0 Å². The molecule has 0 spiro atoms. The van der Waals surface area contributed by atoms with Crippen molar-refractivity contribution in [2.24, 2.45) is 0 Å². The second-order valence-corrected chi connectivity index (χ2v) is 8.92. The smallest absolute Gasteiger partial charge is 0.268 e. The zero-order valence-corrected chi connectivity index (χ0v) is 16.8. The molecule has 1 aromatic carbocycles. The number of nitrogens with zero attached hydrogens (tertiary/aromatic N) is 4. The molecule has 1 aliphatic heterocycles. The van der Waals surface area contributed by atoms with Crippen molar-refractivity contribution in [3.8, 4) is 11.3 Å². The normalized spacial score (nSPS) is 14.7. The average molecular weight is 403 g/mol. The summed E-state index contributed by atoms with van der Waals surface area (Å²) >= 11 is 1.43. The lowest BCUT2D eigenvalue weighted by atomic mass is 10.1. The van der Waals surface area contributed by atoms with Crippen molar-refractivity contribution in [2.75, 3.05) is 10.8 Å². The molecule has 0 fully saturated rings. The maximum Gasteiger partial charge on any atom is 0.268 e. The quantitative estimate of drug-likeness (QED) is 0.487. The van der Waals surface area contributed by atoms with E-state index in [1.54, 1.807) is 6.07 Å². The molecule has 140 valence electrons. The molecular formula is C18H18N4O3S2. The first-order valence-electron chi connectivity index (χ1n) is 8.47. The highest BCUT2D eigenvalue weighted by atomic mass is 32.2. The van der Waals surface area contributed by atoms with Crippen LogP contribution in [0.25, 0.3) is 11.3 Å². The van der Waals surface area contributed by atoms with Crippen LogP contribution in [0.5, 0.6) is 0 Å². The fraction of sp³-hybridized carbons (Fsp3) is 0.278. The minimum absolute atomic E-state index is 0.143. The number of benzene rings is 1. The summed E-state index contributed by atoms with van der Waals surface area (Å²) in [5.41, 5.74) is 3.74. The Morgan fingerprint density at radius 3 is 2.70 bits per heavy atom. The highest BCUT2D eigenvalue weighted by Gasteiger charge is 2.35. The standard InChI is InChI=1S/C18H18N4O3S2/c1-4-22-15-8-6-5-7-13(15)17-16(27(22,23)24)9-19-18(20-17)26-10-14-11(2)21-25-12(14)3/h5-9H,4,10H2,1-3H3. The van der Waals surface area contributed by atoms with Gasteiger partial charge < -0.3 is 4.52 Å². The Bertz CT molecular complexity index is 1110. The molecule has 0 aliphatic carbocycles. The van der Waals surface area contributed by atoms with Crippen LogP contribution in [0.15, 0.2) is 45.0 Å². The predicted octanol–water partition coefficient (Wildman–Crippen LogP) is 3.57. The van der Waals surface area contributed by atoms with E-state index < -0.39 is 10.0 Å². The summed E-state index contributed by atoms with van der Waals surface area (Å²) in [6.07, 6.45) is 1.41. The summed E-state index contributed by atoms with van der Waals surface area (Å²) in [6.45, 7) is 5.92. The zero-order chi connectivity index (χ0) is 19.2. The third-order valence-electron chi connectivity index (χ3n) is 4.54. The van der Waals surface area contributed by atoms with E-state index in [2.05, 4.69) is 15.1 Å². The van der Waals surface area contributed by atoms with Gasteiger partial charge in [-0.3, -0.25) is 4.31 Å². The van der Waals surface area contributed by atoms with Crippen molar-refractivity contribution in [3.05, 3.63) is 47.5 Å². The minimum atomic E-state index is -3.66. The summed E-state index contributed by atoms with van der Waals surface area (Å²) in [5, 5.41) is 4.47. The number of thioether (sulfide) groups is 1. The molecule has 2 aromatic heterocycles. The Morgan fingerprint density at radius 2 is 2.00 bits per heavy atom. The summed E-state index contributed by atoms with van der Waals surface area (Å²) in [4.78, 5) is 9.00. The molecule has 0 saturated carbocycles. The summed E-state index contributed by atoms with van der Waals surface area (Å²) in [6, 6.07) is 7.41. The maximum absolute atomic E-state index is 13.0. The van der Waals surface area contributed by atoms with Crippen LogP contribution in [0.3, 0.4) is 0 Å². The third-order valence-corrected chi connectivity index (χ3v) is 7.32. The number of aromatic nitrogens is 3. The van der Waals surface area contributed by atoms with Crippen LogP contribution in [-0.2, 0) is 15.8 Å². The number of aryl methyl sites for hydroxylation is 2. The highest BCUT2D eigenvalue weighted by Crippen LogP contribution is 2.42. The molecular weight excluding hydrogens is 384 g/mol. The van der Waals surface area contributed by atoms with Crippen molar-refractivity contribution in [1.29, 1.82) is 0 Å². The van der Waals surface area contributed by atoms with Crippen molar-refractivity contribution in [3.63, 3.8) is 0 Å². The van der Waals surface area contributed by atoms with Crippen LogP contribution in [0.1, 0.15) is 23.9 Å². The number of hydrogen-bond acceptors (Lipinski definition) is 7. The first-order valence-corrected chi connectivity index (χ1v) is 10.9. The molecule has 0 saturated heterocycles. The largest absolute Gasteiger partial charge is 0.361 e. The van der Waals surface area contributed by atoms with Gasteiger partial charge in [0.2, 0.25) is 0 Å². The fourth-order valence-electron chi connectivity index (χ4n) is 3.13. The first-order chi connectivity index (χ1) is 12.9. The van der Waals surface area contributed by atoms with Crippen molar-refractivity contribution in [2.45, 2.75) is 36.6 Å². The van der Waals surface area contributed by atoms with E-state index in [-0.39, 0.29) is 4.90 Å². The Hall–Kier alpha value is -2.39. The molecule has 7 nitrogen and oxygen atoms in total. The van der Waals surface area contributed by atoms with Gasteiger partial charge in [-0.25, -0.2) is 18.4 Å². The van der Waals surface area contributed by atoms with Crippen molar-refractivity contribution >= 4 is 27.5 Å². The maximum atomic E-state index is 13.0. The predicted molar refractivity (Wildman–Crippen MR) is 103 cm³/mol. The first kappa shape index (κ1) is 18.0. The minimum Gasteiger partial charge on any atom is -0.361 e. The molecule has 9 heteroatoms. The molecule has 3 aromatic rings. The van der Waals surface area contributed by atoms with Gasteiger partial charge >= 0.3 is 0 Å². The molecule has 4 rings (SSSR count). The van der Waals surface area contributed by atoms with Gasteiger partial charge in [-0.15, -0.1) is 0 Å². The fourth-order valence-corrected chi connectivity index (χ4v) is 5.68.